The molecule has 0 heterocycles. The van der Waals surface area contributed by atoms with E-state index in [1.165, 1.54) is 14.2 Å². The molecule has 4 aliphatic rings. The summed E-state index contributed by atoms with van der Waals surface area (Å²) in [6.07, 6.45) is 2.87. The van der Waals surface area contributed by atoms with Gasteiger partial charge in [0.2, 0.25) is 0 Å². The molecular formula is C33H38Cl2N2O10S. The lowest BCUT2D eigenvalue weighted by Crippen LogP contribution is -2.44. The number of benzene rings is 2. The first-order chi connectivity index (χ1) is 22.7. The van der Waals surface area contributed by atoms with Crippen LogP contribution in [0.25, 0.3) is 0 Å². The van der Waals surface area contributed by atoms with Gasteiger partial charge >= 0.3 is 11.9 Å². The van der Waals surface area contributed by atoms with Gasteiger partial charge in [-0.3, -0.25) is 13.8 Å². The van der Waals surface area contributed by atoms with Gasteiger partial charge in [0.15, 0.2) is 0 Å². The lowest BCUT2D eigenvalue weighted by Gasteiger charge is -2.20. The molecule has 0 saturated heterocycles. The second-order valence-corrected chi connectivity index (χ2v) is 15.3. The van der Waals surface area contributed by atoms with E-state index in [-0.39, 0.29) is 47.7 Å². The number of aliphatic hydroxyl groups is 1. The third kappa shape index (κ3) is 8.49. The van der Waals surface area contributed by atoms with E-state index < -0.39 is 34.1 Å². The number of esters is 2. The zero-order chi connectivity index (χ0) is 34.9. The highest BCUT2D eigenvalue weighted by Crippen LogP contribution is 2.60. The molecule has 0 bridgehead atoms. The zero-order valence-electron chi connectivity index (χ0n) is 26.5. The number of rotatable bonds is 10. The number of ether oxygens (including phenoxy) is 2. The smallest absolute Gasteiger partial charge is 0.328 e. The van der Waals surface area contributed by atoms with Crippen LogP contribution >= 0.6 is 23.2 Å². The van der Waals surface area contributed by atoms with Crippen LogP contribution in [0.4, 0.5) is 0 Å². The maximum absolute atomic E-state index is 12.4. The molecule has 6 unspecified atom stereocenters. The third-order valence-electron chi connectivity index (χ3n) is 9.73. The van der Waals surface area contributed by atoms with E-state index in [1.807, 2.05) is 0 Å². The first-order valence-electron chi connectivity index (χ1n) is 15.6. The van der Waals surface area contributed by atoms with Gasteiger partial charge in [-0.1, -0.05) is 23.2 Å². The van der Waals surface area contributed by atoms with Crippen molar-refractivity contribution in [2.75, 3.05) is 20.5 Å². The van der Waals surface area contributed by atoms with Crippen molar-refractivity contribution >= 4 is 57.1 Å². The molecular weight excluding hydrogens is 687 g/mol. The lowest BCUT2D eigenvalue weighted by atomic mass is 10.0. The van der Waals surface area contributed by atoms with Gasteiger partial charge in [0.1, 0.15) is 12.1 Å². The highest BCUT2D eigenvalue weighted by molar-refractivity contribution is 7.86. The van der Waals surface area contributed by atoms with Crippen LogP contribution in [0.15, 0.2) is 48.5 Å². The van der Waals surface area contributed by atoms with Crippen molar-refractivity contribution < 1.29 is 46.4 Å². The number of aliphatic hydroxyl groups excluding tert-OH is 1. The molecule has 260 valence electrons. The van der Waals surface area contributed by atoms with Crippen LogP contribution in [-0.4, -0.2) is 82.0 Å². The Balaban J connectivity index is 0.000000190. The fourth-order valence-corrected chi connectivity index (χ4v) is 8.45. The fraction of sp³-hybridized carbons (Fsp3) is 0.515. The Morgan fingerprint density at radius 2 is 1.06 bits per heavy atom. The summed E-state index contributed by atoms with van der Waals surface area (Å²) in [4.78, 5) is 48.9. The van der Waals surface area contributed by atoms with Crippen LogP contribution < -0.4 is 10.6 Å². The molecule has 4 fully saturated rings. The Morgan fingerprint density at radius 1 is 0.708 bits per heavy atom. The van der Waals surface area contributed by atoms with Gasteiger partial charge in [-0.2, -0.15) is 8.42 Å². The van der Waals surface area contributed by atoms with Crippen molar-refractivity contribution in [3.63, 3.8) is 0 Å². The normalized spacial score (nSPS) is 29.1. The van der Waals surface area contributed by atoms with Crippen LogP contribution in [0.1, 0.15) is 46.4 Å². The predicted octanol–water partition coefficient (Wildman–Crippen LogP) is 3.24. The summed E-state index contributed by atoms with van der Waals surface area (Å²) in [5.41, 5.74) is 0.844. The third-order valence-corrected chi connectivity index (χ3v) is 10.9. The molecule has 4 saturated carbocycles. The molecule has 6 rings (SSSR count). The van der Waals surface area contributed by atoms with Gasteiger partial charge in [0.25, 0.3) is 21.9 Å². The molecule has 4 aliphatic carbocycles. The fourth-order valence-electron chi connectivity index (χ4n) is 7.55. The van der Waals surface area contributed by atoms with Crippen molar-refractivity contribution in [2.45, 2.75) is 50.0 Å². The molecule has 48 heavy (non-hydrogen) atoms. The van der Waals surface area contributed by atoms with Crippen molar-refractivity contribution in [3.05, 3.63) is 69.7 Å². The number of carbonyl (C=O) groups is 4. The van der Waals surface area contributed by atoms with E-state index in [0.29, 0.717) is 58.7 Å². The first-order valence-corrected chi connectivity index (χ1v) is 18.1. The Bertz CT molecular complexity index is 1610. The summed E-state index contributed by atoms with van der Waals surface area (Å²) in [7, 11) is -0.908. The molecule has 10 atom stereocenters. The highest BCUT2D eigenvalue weighted by atomic mass is 35.5. The molecule has 15 heteroatoms. The molecule has 12 nitrogen and oxygen atoms in total. The second kappa shape index (κ2) is 14.7. The Kier molecular flexibility index (Phi) is 11.1. The Hall–Kier alpha value is -3.23. The average Bonchev–Trinajstić information content (AvgIpc) is 3.75. The van der Waals surface area contributed by atoms with E-state index in [9.17, 15) is 32.7 Å². The van der Waals surface area contributed by atoms with Gasteiger partial charge in [-0.15, -0.1) is 0 Å². The number of hydrogen-bond donors (Lipinski definition) is 3. The maximum Gasteiger partial charge on any atom is 0.328 e. The van der Waals surface area contributed by atoms with Crippen LogP contribution in [0.3, 0.4) is 0 Å². The van der Waals surface area contributed by atoms with Crippen LogP contribution in [0.2, 0.25) is 10.0 Å². The maximum atomic E-state index is 12.4. The monoisotopic (exact) mass is 724 g/mol. The van der Waals surface area contributed by atoms with Crippen molar-refractivity contribution in [1.29, 1.82) is 0 Å². The number of methoxy groups -OCH3 is 2. The van der Waals surface area contributed by atoms with E-state index in [4.69, 9.17) is 36.9 Å². The van der Waals surface area contributed by atoms with E-state index in [1.54, 1.807) is 48.5 Å². The van der Waals surface area contributed by atoms with Crippen LogP contribution in [-0.2, 0) is 33.4 Å². The van der Waals surface area contributed by atoms with Crippen LogP contribution in [0, 0.1) is 35.5 Å². The number of halogens is 2. The summed E-state index contributed by atoms with van der Waals surface area (Å²) < 4.78 is 37.2. The molecule has 2 amide bonds. The Morgan fingerprint density at radius 3 is 1.40 bits per heavy atom. The largest absolute Gasteiger partial charge is 0.467 e. The van der Waals surface area contributed by atoms with E-state index >= 15 is 0 Å². The topological polar surface area (TPSA) is 174 Å². The molecule has 0 aliphatic heterocycles. The quantitative estimate of drug-likeness (QED) is 0.244. The number of nitrogens with one attached hydrogen (secondary N) is 2. The highest BCUT2D eigenvalue weighted by Gasteiger charge is 2.62. The number of fused-ring (bicyclic) bond motifs is 2. The molecule has 3 N–H and O–H groups in total. The molecule has 0 spiro atoms. The number of amides is 2. The molecule has 2 aromatic rings. The summed E-state index contributed by atoms with van der Waals surface area (Å²) in [6.45, 7) is 0. The summed E-state index contributed by atoms with van der Waals surface area (Å²) in [5, 5.41) is 16.2. The average molecular weight is 726 g/mol. The molecule has 0 radical (unpaired) electrons. The SMILES string of the molecule is COC(=O)C(NC(=O)c1ccc(Cl)cc1)C1[C@H]2CC(O)C[C@@H]12.COC(=O)C(NC(=O)c1ccc(Cl)cc1)C1[C@H]2CC(OS(C)(=O)=O)C[C@@H]12. The van der Waals surface area contributed by atoms with Crippen molar-refractivity contribution in [2.24, 2.45) is 35.5 Å². The van der Waals surface area contributed by atoms with Crippen molar-refractivity contribution in [1.82, 2.24) is 10.6 Å². The zero-order valence-corrected chi connectivity index (χ0v) is 28.8. The van der Waals surface area contributed by atoms with Crippen molar-refractivity contribution in [3.8, 4) is 0 Å². The van der Waals surface area contributed by atoms with Gasteiger partial charge in [0.05, 0.1) is 32.7 Å². The lowest BCUT2D eigenvalue weighted by molar-refractivity contribution is -0.144. The van der Waals surface area contributed by atoms with Gasteiger partial charge in [0, 0.05) is 21.2 Å². The molecule has 0 aromatic heterocycles. The number of hydrogen-bond acceptors (Lipinski definition) is 10. The van der Waals surface area contributed by atoms with E-state index in [0.717, 1.165) is 6.26 Å². The summed E-state index contributed by atoms with van der Waals surface area (Å²) in [5.74, 6) is -0.792. The Labute approximate surface area is 288 Å². The minimum Gasteiger partial charge on any atom is -0.467 e. The predicted molar refractivity (Wildman–Crippen MR) is 175 cm³/mol. The standard InChI is InChI=1S/C17H20ClNO6S.C16H18ClNO4/c1-24-17(21)15(19-16(20)9-3-5-10(18)6-4-9)14-12-7-11(8-13(12)14)25-26(2,22)23;1-22-16(21)14(13-11-6-10(19)7-12(11)13)18-15(20)8-2-4-9(17)5-3-8/h3-6,11-15H,7-8H2,1-2H3,(H,19,20);2-5,10-14,19H,6-7H2,1H3,(H,18,20)/t11?,12-,13+,14?,15?;10?,11-,12+,13?,14?. The first kappa shape index (κ1) is 36.1. The van der Waals surface area contributed by atoms with Gasteiger partial charge < -0.3 is 25.2 Å². The van der Waals surface area contributed by atoms with Crippen LogP contribution in [0.5, 0.6) is 0 Å². The van der Waals surface area contributed by atoms with E-state index in [2.05, 4.69) is 10.6 Å². The minimum atomic E-state index is -3.50. The summed E-state index contributed by atoms with van der Waals surface area (Å²) >= 11 is 11.6. The second-order valence-electron chi connectivity index (χ2n) is 12.8. The summed E-state index contributed by atoms with van der Waals surface area (Å²) in [6, 6.07) is 11.4. The minimum absolute atomic E-state index is 0.0621. The number of carbonyl (C=O) groups excluding carboxylic acids is 4. The molecule has 2 aromatic carbocycles. The van der Waals surface area contributed by atoms with Gasteiger partial charge in [-0.05, 0) is 110 Å². The van der Waals surface area contributed by atoms with Gasteiger partial charge in [-0.25, -0.2) is 9.59 Å².